The van der Waals surface area contributed by atoms with Crippen LogP contribution in [0.2, 0.25) is 0 Å². The van der Waals surface area contributed by atoms with Gasteiger partial charge in [-0.2, -0.15) is 0 Å². The summed E-state index contributed by atoms with van der Waals surface area (Å²) in [6.07, 6.45) is 1.76. The Bertz CT molecular complexity index is 184. The van der Waals surface area contributed by atoms with Crippen LogP contribution < -0.4 is 0 Å². The molecule has 2 nitrogen and oxygen atoms in total. The summed E-state index contributed by atoms with van der Waals surface area (Å²) < 4.78 is 0. The molecule has 0 unspecified atom stereocenters. The summed E-state index contributed by atoms with van der Waals surface area (Å²) in [7, 11) is 0. The van der Waals surface area contributed by atoms with Crippen LogP contribution in [0.4, 0.5) is 0 Å². The lowest BCUT2D eigenvalue weighted by molar-refractivity contribution is 0.0607. The Morgan fingerprint density at radius 1 is 1.42 bits per heavy atom. The van der Waals surface area contributed by atoms with Crippen LogP contribution in [0.5, 0.6) is 0 Å². The minimum atomic E-state index is -0.367. The number of aliphatic hydroxyl groups excluding tert-OH is 2. The summed E-state index contributed by atoms with van der Waals surface area (Å²) in [4.78, 5) is 0. The lowest BCUT2D eigenvalue weighted by Gasteiger charge is -2.31. The zero-order chi connectivity index (χ0) is 9.30. The predicted octanol–water partition coefficient (Wildman–Crippen LogP) is 1.33. The van der Waals surface area contributed by atoms with E-state index in [1.54, 1.807) is 6.08 Å². The molecule has 0 amide bonds. The lowest BCUT2D eigenvalue weighted by Crippen LogP contribution is -2.33. The molecule has 0 aromatic carbocycles. The third-order valence-electron chi connectivity index (χ3n) is 2.75. The van der Waals surface area contributed by atoms with Crippen molar-refractivity contribution >= 4 is 0 Å². The van der Waals surface area contributed by atoms with Gasteiger partial charge in [-0.05, 0) is 30.8 Å². The van der Waals surface area contributed by atoms with Crippen molar-refractivity contribution in [2.75, 3.05) is 0 Å². The van der Waals surface area contributed by atoms with E-state index in [2.05, 4.69) is 13.8 Å². The van der Waals surface area contributed by atoms with Crippen molar-refractivity contribution in [2.24, 2.45) is 11.8 Å². The van der Waals surface area contributed by atoms with Crippen molar-refractivity contribution in [3.8, 4) is 0 Å². The summed E-state index contributed by atoms with van der Waals surface area (Å²) >= 11 is 0. The van der Waals surface area contributed by atoms with E-state index >= 15 is 0 Å². The third kappa shape index (κ3) is 1.87. The topological polar surface area (TPSA) is 40.5 Å². The lowest BCUT2D eigenvalue weighted by atomic mass is 9.79. The number of hydrogen-bond acceptors (Lipinski definition) is 2. The van der Waals surface area contributed by atoms with Gasteiger partial charge in [0.25, 0.3) is 0 Å². The first-order valence-electron chi connectivity index (χ1n) is 4.56. The summed E-state index contributed by atoms with van der Waals surface area (Å²) in [5, 5.41) is 19.2. The molecule has 0 saturated carbocycles. The normalized spacial score (nSPS) is 36.8. The summed E-state index contributed by atoms with van der Waals surface area (Å²) in [6.45, 7) is 6.02. The van der Waals surface area contributed by atoms with Crippen molar-refractivity contribution in [3.05, 3.63) is 11.6 Å². The highest BCUT2D eigenvalue weighted by molar-refractivity contribution is 5.13. The quantitative estimate of drug-likeness (QED) is 0.583. The molecule has 0 aliphatic heterocycles. The van der Waals surface area contributed by atoms with E-state index in [-0.39, 0.29) is 18.1 Å². The smallest absolute Gasteiger partial charge is 0.0756 e. The second kappa shape index (κ2) is 3.58. The highest BCUT2D eigenvalue weighted by Gasteiger charge is 2.28. The van der Waals surface area contributed by atoms with Gasteiger partial charge in [-0.1, -0.05) is 19.9 Å². The van der Waals surface area contributed by atoms with Gasteiger partial charge in [-0.15, -0.1) is 0 Å². The first-order valence-corrected chi connectivity index (χ1v) is 4.56. The monoisotopic (exact) mass is 170 g/mol. The molecular weight excluding hydrogens is 152 g/mol. The van der Waals surface area contributed by atoms with Crippen LogP contribution in [-0.2, 0) is 0 Å². The second-order valence-electron chi connectivity index (χ2n) is 4.06. The molecule has 0 bridgehead atoms. The van der Waals surface area contributed by atoms with Crippen LogP contribution in [0.15, 0.2) is 11.6 Å². The maximum absolute atomic E-state index is 9.64. The van der Waals surface area contributed by atoms with Crippen LogP contribution in [0, 0.1) is 11.8 Å². The predicted molar refractivity (Wildman–Crippen MR) is 48.7 cm³/mol. The summed E-state index contributed by atoms with van der Waals surface area (Å²) in [6, 6.07) is 0. The molecule has 70 valence electrons. The molecule has 3 atom stereocenters. The van der Waals surface area contributed by atoms with Gasteiger partial charge in [-0.25, -0.2) is 0 Å². The van der Waals surface area contributed by atoms with Crippen LogP contribution in [0.1, 0.15) is 27.2 Å². The Hall–Kier alpha value is -0.340. The van der Waals surface area contributed by atoms with E-state index < -0.39 is 0 Å². The number of aliphatic hydroxyl groups is 2. The van der Waals surface area contributed by atoms with E-state index in [4.69, 9.17) is 0 Å². The first-order chi connectivity index (χ1) is 5.52. The molecule has 1 aliphatic rings. The van der Waals surface area contributed by atoms with E-state index in [0.717, 1.165) is 5.57 Å². The molecule has 2 N–H and O–H groups in total. The minimum absolute atomic E-state index is 0.212. The van der Waals surface area contributed by atoms with Crippen LogP contribution in [0.3, 0.4) is 0 Å². The maximum atomic E-state index is 9.64. The van der Waals surface area contributed by atoms with Gasteiger partial charge >= 0.3 is 0 Å². The highest BCUT2D eigenvalue weighted by Crippen LogP contribution is 2.29. The molecule has 0 radical (unpaired) electrons. The van der Waals surface area contributed by atoms with Crippen molar-refractivity contribution in [2.45, 2.75) is 39.4 Å². The van der Waals surface area contributed by atoms with Crippen molar-refractivity contribution < 1.29 is 10.2 Å². The Morgan fingerprint density at radius 3 is 2.50 bits per heavy atom. The van der Waals surface area contributed by atoms with Gasteiger partial charge in [0.05, 0.1) is 12.2 Å². The van der Waals surface area contributed by atoms with Gasteiger partial charge in [0.1, 0.15) is 0 Å². The fraction of sp³-hybridized carbons (Fsp3) is 0.800. The fourth-order valence-electron chi connectivity index (χ4n) is 1.75. The molecule has 1 rings (SSSR count). The van der Waals surface area contributed by atoms with Crippen molar-refractivity contribution in [1.82, 2.24) is 0 Å². The Balaban J connectivity index is 2.72. The minimum Gasteiger partial charge on any atom is -0.389 e. The zero-order valence-electron chi connectivity index (χ0n) is 7.99. The Kier molecular flexibility index (Phi) is 2.91. The number of hydrogen-bond donors (Lipinski definition) is 2. The van der Waals surface area contributed by atoms with E-state index in [1.807, 2.05) is 6.92 Å². The van der Waals surface area contributed by atoms with Gasteiger partial charge in [0.15, 0.2) is 0 Å². The molecule has 0 spiro atoms. The van der Waals surface area contributed by atoms with E-state index in [1.165, 1.54) is 0 Å². The molecule has 0 aromatic heterocycles. The van der Waals surface area contributed by atoms with Crippen LogP contribution >= 0.6 is 0 Å². The van der Waals surface area contributed by atoms with Gasteiger partial charge in [-0.3, -0.25) is 0 Å². The van der Waals surface area contributed by atoms with Gasteiger partial charge in [0.2, 0.25) is 0 Å². The van der Waals surface area contributed by atoms with Crippen LogP contribution in [-0.4, -0.2) is 22.4 Å². The molecule has 0 aromatic rings. The average Bonchev–Trinajstić information content (AvgIpc) is 1.96. The molecule has 0 heterocycles. The van der Waals surface area contributed by atoms with Crippen molar-refractivity contribution in [3.63, 3.8) is 0 Å². The number of rotatable bonds is 1. The molecule has 12 heavy (non-hydrogen) atoms. The highest BCUT2D eigenvalue weighted by atomic mass is 16.3. The SMILES string of the molecule is CC1=C[C@@H](O)[C@@H](C(C)C)C[C@@H]1O. The zero-order valence-corrected chi connectivity index (χ0v) is 7.99. The van der Waals surface area contributed by atoms with E-state index in [0.29, 0.717) is 12.3 Å². The van der Waals surface area contributed by atoms with Gasteiger partial charge < -0.3 is 10.2 Å². The second-order valence-corrected chi connectivity index (χ2v) is 4.06. The third-order valence-corrected chi connectivity index (χ3v) is 2.75. The average molecular weight is 170 g/mol. The molecule has 2 heteroatoms. The largest absolute Gasteiger partial charge is 0.389 e. The fourth-order valence-corrected chi connectivity index (χ4v) is 1.75. The Labute approximate surface area is 73.9 Å². The van der Waals surface area contributed by atoms with Gasteiger partial charge in [0, 0.05) is 0 Å². The summed E-state index contributed by atoms with van der Waals surface area (Å²) in [5.74, 6) is 0.641. The van der Waals surface area contributed by atoms with Crippen molar-refractivity contribution in [1.29, 1.82) is 0 Å². The molecule has 0 saturated heterocycles. The molecule has 1 aliphatic carbocycles. The van der Waals surface area contributed by atoms with E-state index in [9.17, 15) is 10.2 Å². The molecule has 0 fully saturated rings. The first kappa shape index (κ1) is 9.75. The molecular formula is C10H18O2. The van der Waals surface area contributed by atoms with Crippen LogP contribution in [0.25, 0.3) is 0 Å². The summed E-state index contributed by atoms with van der Waals surface area (Å²) in [5.41, 5.74) is 0.902. The standard InChI is InChI=1S/C10H18O2/c1-6(2)8-5-9(11)7(3)4-10(8)12/h4,6,8-12H,5H2,1-3H3/t8-,9+,10-/m1/s1. The Morgan fingerprint density at radius 2 is 2.00 bits per heavy atom. The maximum Gasteiger partial charge on any atom is 0.0756 e.